The van der Waals surface area contributed by atoms with Crippen LogP contribution in [0.1, 0.15) is 98.7 Å². The van der Waals surface area contributed by atoms with Gasteiger partial charge in [0, 0.05) is 6.04 Å². The molecule has 3 aliphatic carbocycles. The molecule has 12 heteroatoms. The van der Waals surface area contributed by atoms with Crippen molar-refractivity contribution in [2.45, 2.75) is 84.5 Å². The zero-order valence-corrected chi connectivity index (χ0v) is 26.2. The molecule has 0 saturated heterocycles. The summed E-state index contributed by atoms with van der Waals surface area (Å²) >= 11 is 12.5. The Morgan fingerprint density at radius 3 is 2.19 bits per heavy atom. The van der Waals surface area contributed by atoms with Crippen molar-refractivity contribution in [3.05, 3.63) is 51.3 Å². The summed E-state index contributed by atoms with van der Waals surface area (Å²) in [5, 5.41) is 4.30. The van der Waals surface area contributed by atoms with Gasteiger partial charge in [0.05, 0.1) is 52.0 Å². The number of ketones is 1. The largest absolute Gasteiger partial charge is 0.466 e. The fourth-order valence-electron chi connectivity index (χ4n) is 7.32. The van der Waals surface area contributed by atoms with Gasteiger partial charge < -0.3 is 9.64 Å². The van der Waals surface area contributed by atoms with E-state index in [1.54, 1.807) is 19.9 Å². The average molecular weight is 643 g/mol. The van der Waals surface area contributed by atoms with Crippen molar-refractivity contribution in [1.82, 2.24) is 14.7 Å². The molecule has 234 valence electrons. The van der Waals surface area contributed by atoms with Crippen molar-refractivity contribution in [3.63, 3.8) is 0 Å². The standard InChI is InChI=1S/C31H36Cl2F3N3O4/c1-5-43-28(42)30(4)11-9-17(10-12-30)39-26(31(34,35)36)19(15-37-39)27(41)38(18-13-20-21(14-18)29(20,2)3)16-24(40)25-22(32)7-6-8-23(25)33/h6-8,15,17-18,20-21H,5,9-14,16H2,1-4H3/t17-,18-,20-,21+,30-. The SMILES string of the molecule is CCOC(=O)[C@]1(C)CC[C@@H](n2ncc(C(=O)N(CC(=O)c3c(Cl)cccc3Cl)[C@@H]3C[C@@H]4[C@H](C3)C4(C)C)c2C(F)(F)F)CC1. The van der Waals surface area contributed by atoms with Crippen molar-refractivity contribution >= 4 is 40.9 Å². The van der Waals surface area contributed by atoms with Gasteiger partial charge in [0.2, 0.25) is 0 Å². The van der Waals surface area contributed by atoms with Crippen molar-refractivity contribution in [1.29, 1.82) is 0 Å². The second kappa shape index (κ2) is 11.4. The van der Waals surface area contributed by atoms with Crippen LogP contribution < -0.4 is 0 Å². The average Bonchev–Trinajstić information content (AvgIpc) is 3.36. The van der Waals surface area contributed by atoms with Crippen LogP contribution >= 0.6 is 23.2 Å². The number of benzene rings is 1. The van der Waals surface area contributed by atoms with E-state index in [0.717, 1.165) is 10.9 Å². The van der Waals surface area contributed by atoms with Crippen LogP contribution in [0.15, 0.2) is 24.4 Å². The molecule has 3 saturated carbocycles. The number of aromatic nitrogens is 2. The first-order valence-corrected chi connectivity index (χ1v) is 15.5. The van der Waals surface area contributed by atoms with Gasteiger partial charge in [0.1, 0.15) is 0 Å². The molecule has 1 heterocycles. The van der Waals surface area contributed by atoms with E-state index in [0.29, 0.717) is 37.5 Å². The lowest BCUT2D eigenvalue weighted by molar-refractivity contribution is -0.157. The Labute approximate surface area is 259 Å². The third kappa shape index (κ3) is 5.81. The predicted octanol–water partition coefficient (Wildman–Crippen LogP) is 7.65. The number of rotatable bonds is 8. The van der Waals surface area contributed by atoms with Crippen molar-refractivity contribution < 1.29 is 32.3 Å². The molecular formula is C31H36Cl2F3N3O4. The Bertz CT molecular complexity index is 1400. The molecule has 3 aliphatic rings. The lowest BCUT2D eigenvalue weighted by atomic mass is 9.74. The Morgan fingerprint density at radius 1 is 1.07 bits per heavy atom. The van der Waals surface area contributed by atoms with Crippen LogP contribution in [0.4, 0.5) is 13.2 Å². The molecule has 0 radical (unpaired) electrons. The molecule has 3 atom stereocenters. The number of alkyl halides is 3. The van der Waals surface area contributed by atoms with Gasteiger partial charge in [0.25, 0.3) is 5.91 Å². The maximum Gasteiger partial charge on any atom is 0.433 e. The number of halogens is 5. The van der Waals surface area contributed by atoms with Crippen LogP contribution in [-0.2, 0) is 15.7 Å². The molecule has 5 rings (SSSR count). The van der Waals surface area contributed by atoms with Gasteiger partial charge in [-0.3, -0.25) is 19.1 Å². The van der Waals surface area contributed by atoms with E-state index in [9.17, 15) is 27.6 Å². The third-order valence-electron chi connectivity index (χ3n) is 10.1. The van der Waals surface area contributed by atoms with Gasteiger partial charge >= 0.3 is 12.1 Å². The molecule has 0 aliphatic heterocycles. The highest BCUT2D eigenvalue weighted by molar-refractivity contribution is 6.40. The first-order valence-electron chi connectivity index (χ1n) is 14.7. The smallest absolute Gasteiger partial charge is 0.433 e. The molecule has 0 N–H and O–H groups in total. The summed E-state index contributed by atoms with van der Waals surface area (Å²) in [4.78, 5) is 41.3. The molecule has 1 aromatic heterocycles. The van der Waals surface area contributed by atoms with Crippen molar-refractivity contribution in [2.24, 2.45) is 22.7 Å². The Morgan fingerprint density at radius 2 is 1.65 bits per heavy atom. The highest BCUT2D eigenvalue weighted by atomic mass is 35.5. The number of hydrogen-bond acceptors (Lipinski definition) is 5. The molecule has 43 heavy (non-hydrogen) atoms. The fraction of sp³-hybridized carbons (Fsp3) is 0.613. The first-order chi connectivity index (χ1) is 20.1. The second-order valence-electron chi connectivity index (χ2n) is 13.0. The van der Waals surface area contributed by atoms with E-state index in [2.05, 4.69) is 18.9 Å². The number of Topliss-reactive ketones (excluding diaryl/α,β-unsaturated/α-hetero) is 1. The quantitative estimate of drug-likeness (QED) is 0.218. The van der Waals surface area contributed by atoms with E-state index in [1.807, 2.05) is 0 Å². The number of esters is 1. The minimum absolute atomic E-state index is 0.0331. The summed E-state index contributed by atoms with van der Waals surface area (Å²) < 4.78 is 50.1. The minimum atomic E-state index is -4.88. The maximum atomic E-state index is 14.7. The lowest BCUT2D eigenvalue weighted by Gasteiger charge is -2.36. The fourth-order valence-corrected chi connectivity index (χ4v) is 7.93. The van der Waals surface area contributed by atoms with Crippen molar-refractivity contribution in [2.75, 3.05) is 13.2 Å². The number of ether oxygens (including phenoxy) is 1. The summed E-state index contributed by atoms with van der Waals surface area (Å²) in [7, 11) is 0. The summed E-state index contributed by atoms with van der Waals surface area (Å²) in [6, 6.07) is 3.52. The summed E-state index contributed by atoms with van der Waals surface area (Å²) in [5.41, 5.74) is -2.39. The van der Waals surface area contributed by atoms with Crippen LogP contribution in [-0.4, -0.2) is 51.5 Å². The topological polar surface area (TPSA) is 81.5 Å². The van der Waals surface area contributed by atoms with Gasteiger partial charge in [-0.2, -0.15) is 18.3 Å². The van der Waals surface area contributed by atoms with Crippen LogP contribution in [0.2, 0.25) is 10.0 Å². The predicted molar refractivity (Wildman–Crippen MR) is 155 cm³/mol. The van der Waals surface area contributed by atoms with E-state index in [-0.39, 0.29) is 46.4 Å². The minimum Gasteiger partial charge on any atom is -0.466 e. The molecule has 0 unspecified atom stereocenters. The lowest BCUT2D eigenvalue weighted by Crippen LogP contribution is -2.44. The van der Waals surface area contributed by atoms with Crippen LogP contribution in [0, 0.1) is 22.7 Å². The number of carbonyl (C=O) groups excluding carboxylic acids is 3. The third-order valence-corrected chi connectivity index (χ3v) is 10.7. The highest BCUT2D eigenvalue weighted by Gasteiger charge is 2.63. The number of amides is 1. The molecule has 2 aromatic rings. The van der Waals surface area contributed by atoms with Gasteiger partial charge in [0.15, 0.2) is 11.5 Å². The molecule has 1 amide bonds. The van der Waals surface area contributed by atoms with Gasteiger partial charge in [-0.25, -0.2) is 0 Å². The van der Waals surface area contributed by atoms with E-state index >= 15 is 0 Å². The highest BCUT2D eigenvalue weighted by Crippen LogP contribution is 2.67. The monoisotopic (exact) mass is 641 g/mol. The molecule has 1 aromatic carbocycles. The summed E-state index contributed by atoms with van der Waals surface area (Å²) in [5.74, 6) is -1.15. The normalized spacial score (nSPS) is 27.8. The zero-order valence-electron chi connectivity index (χ0n) is 24.6. The van der Waals surface area contributed by atoms with Crippen molar-refractivity contribution in [3.8, 4) is 0 Å². The molecule has 3 fully saturated rings. The van der Waals surface area contributed by atoms with Crippen LogP contribution in [0.25, 0.3) is 0 Å². The van der Waals surface area contributed by atoms with Crippen LogP contribution in [0.5, 0.6) is 0 Å². The summed E-state index contributed by atoms with van der Waals surface area (Å²) in [6.07, 6.45) is -1.54. The van der Waals surface area contributed by atoms with Gasteiger partial charge in [-0.05, 0) is 81.8 Å². The zero-order chi connectivity index (χ0) is 31.5. The Balaban J connectivity index is 1.45. The number of nitrogens with zero attached hydrogens (tertiary/aromatic N) is 3. The number of hydrogen-bond donors (Lipinski definition) is 0. The number of carbonyl (C=O) groups is 3. The first kappa shape index (κ1) is 31.8. The Kier molecular flexibility index (Phi) is 8.44. The van der Waals surface area contributed by atoms with E-state index in [4.69, 9.17) is 27.9 Å². The van der Waals surface area contributed by atoms with Gasteiger partial charge in [-0.15, -0.1) is 0 Å². The number of fused-ring (bicyclic) bond motifs is 1. The molecule has 0 spiro atoms. The van der Waals surface area contributed by atoms with Crippen LogP contribution in [0.3, 0.4) is 0 Å². The summed E-state index contributed by atoms with van der Waals surface area (Å²) in [6.45, 7) is 7.52. The second-order valence-corrected chi connectivity index (χ2v) is 13.8. The van der Waals surface area contributed by atoms with Gasteiger partial charge in [-0.1, -0.05) is 43.1 Å². The Hall–Kier alpha value is -2.59. The molecule has 7 nitrogen and oxygen atoms in total. The molecular weight excluding hydrogens is 606 g/mol. The maximum absolute atomic E-state index is 14.7. The molecule has 0 bridgehead atoms. The van der Waals surface area contributed by atoms with E-state index < -0.39 is 53.2 Å². The van der Waals surface area contributed by atoms with E-state index in [1.165, 1.54) is 17.0 Å².